The molecule has 1 aliphatic heterocycles. The van der Waals surface area contributed by atoms with Crippen molar-refractivity contribution in [2.75, 3.05) is 0 Å². The standard InChI is InChI=1S/C47H33N3O/c1-3-10-30(11-4-1)35-21-18-33-20-23-38(28-39(33)27-35)46-48-45(37-22-19-32-14-7-8-15-34(32)26-37)49-47(50-46)41-16-9-17-42-44(41)40-25-24-36(29-43(40)51-42)31-12-5-2-6-13-31/h1-29,46-47,50H,(H,48,49). The number of hydrogen-bond donors (Lipinski definition) is 2. The SMILES string of the molecule is c1ccc(-c2ccc3ccc(C4N=C(c5ccc6ccccc6c5)NC(c5cccc6oc7cc(-c8ccccc8)ccc7c56)N4)cc3c2)cc1. The molecule has 4 nitrogen and oxygen atoms in total. The fourth-order valence-electron chi connectivity index (χ4n) is 7.52. The van der Waals surface area contributed by atoms with E-state index in [0.29, 0.717) is 0 Å². The van der Waals surface area contributed by atoms with Crippen LogP contribution in [0.3, 0.4) is 0 Å². The van der Waals surface area contributed by atoms with Crippen LogP contribution in [-0.2, 0) is 0 Å². The summed E-state index contributed by atoms with van der Waals surface area (Å²) in [6.45, 7) is 0. The van der Waals surface area contributed by atoms with Crippen LogP contribution in [-0.4, -0.2) is 5.84 Å². The summed E-state index contributed by atoms with van der Waals surface area (Å²) in [5, 5.41) is 14.6. The van der Waals surface area contributed by atoms with E-state index >= 15 is 0 Å². The summed E-state index contributed by atoms with van der Waals surface area (Å²) in [5.41, 5.74) is 9.71. The van der Waals surface area contributed by atoms with Gasteiger partial charge in [-0.2, -0.15) is 0 Å². The third kappa shape index (κ3) is 5.34. The van der Waals surface area contributed by atoms with Crippen LogP contribution in [0.15, 0.2) is 185 Å². The number of rotatable bonds is 5. The molecular weight excluding hydrogens is 623 g/mol. The van der Waals surface area contributed by atoms with Crippen molar-refractivity contribution in [3.8, 4) is 22.3 Å². The van der Waals surface area contributed by atoms with Gasteiger partial charge in [-0.1, -0.05) is 140 Å². The van der Waals surface area contributed by atoms with Crippen LogP contribution in [0.25, 0.3) is 65.7 Å². The van der Waals surface area contributed by atoms with Gasteiger partial charge in [0.25, 0.3) is 0 Å². The smallest absolute Gasteiger partial charge is 0.136 e. The fourth-order valence-corrected chi connectivity index (χ4v) is 7.52. The van der Waals surface area contributed by atoms with Crippen LogP contribution in [0.1, 0.15) is 29.0 Å². The van der Waals surface area contributed by atoms with Gasteiger partial charge in [-0.15, -0.1) is 0 Å². The van der Waals surface area contributed by atoms with E-state index in [2.05, 4.69) is 180 Å². The highest BCUT2D eigenvalue weighted by atomic mass is 16.3. The van der Waals surface area contributed by atoms with Crippen molar-refractivity contribution in [2.24, 2.45) is 4.99 Å². The summed E-state index contributed by atoms with van der Waals surface area (Å²) < 4.78 is 6.53. The zero-order valence-corrected chi connectivity index (χ0v) is 27.8. The largest absolute Gasteiger partial charge is 0.456 e. The highest BCUT2D eigenvalue weighted by Crippen LogP contribution is 2.38. The highest BCUT2D eigenvalue weighted by molar-refractivity contribution is 6.09. The van der Waals surface area contributed by atoms with Crippen LogP contribution in [0.2, 0.25) is 0 Å². The van der Waals surface area contributed by atoms with Crippen molar-refractivity contribution in [3.05, 3.63) is 193 Å². The molecular formula is C47H33N3O. The minimum absolute atomic E-state index is 0.237. The van der Waals surface area contributed by atoms with Crippen LogP contribution >= 0.6 is 0 Å². The Balaban J connectivity index is 1.10. The first-order valence-electron chi connectivity index (χ1n) is 17.4. The number of hydrogen-bond acceptors (Lipinski definition) is 4. The van der Waals surface area contributed by atoms with E-state index in [9.17, 15) is 0 Å². The number of nitrogens with zero attached hydrogens (tertiary/aromatic N) is 1. The van der Waals surface area contributed by atoms with Gasteiger partial charge < -0.3 is 9.73 Å². The molecule has 0 bridgehead atoms. The summed E-state index contributed by atoms with van der Waals surface area (Å²) in [7, 11) is 0. The lowest BCUT2D eigenvalue weighted by Gasteiger charge is -2.32. The van der Waals surface area contributed by atoms with Gasteiger partial charge in [0.05, 0.1) is 0 Å². The fraction of sp³-hybridized carbons (Fsp3) is 0.0426. The third-order valence-electron chi connectivity index (χ3n) is 10.1. The summed E-state index contributed by atoms with van der Waals surface area (Å²) in [6, 6.07) is 62.3. The van der Waals surface area contributed by atoms with E-state index < -0.39 is 0 Å². The van der Waals surface area contributed by atoms with E-state index in [0.717, 1.165) is 50.0 Å². The molecule has 2 N–H and O–H groups in total. The Kier molecular flexibility index (Phi) is 7.00. The molecule has 2 heterocycles. The van der Waals surface area contributed by atoms with E-state index in [-0.39, 0.29) is 12.3 Å². The average Bonchev–Trinajstić information content (AvgIpc) is 3.59. The van der Waals surface area contributed by atoms with Crippen molar-refractivity contribution < 1.29 is 4.42 Å². The van der Waals surface area contributed by atoms with E-state index in [1.165, 1.54) is 38.2 Å². The lowest BCUT2D eigenvalue weighted by molar-refractivity contribution is 0.411. The lowest BCUT2D eigenvalue weighted by atomic mass is 9.98. The number of benzene rings is 8. The molecule has 0 aliphatic carbocycles. The molecule has 0 fully saturated rings. The predicted octanol–water partition coefficient (Wildman–Crippen LogP) is 11.6. The van der Waals surface area contributed by atoms with Gasteiger partial charge in [0.2, 0.25) is 0 Å². The molecule has 0 saturated heterocycles. The number of amidine groups is 1. The van der Waals surface area contributed by atoms with Crippen LogP contribution in [0.5, 0.6) is 0 Å². The molecule has 2 atom stereocenters. The Morgan fingerprint density at radius 1 is 0.451 bits per heavy atom. The summed E-state index contributed by atoms with van der Waals surface area (Å²) in [4.78, 5) is 5.34. The summed E-state index contributed by atoms with van der Waals surface area (Å²) in [6.07, 6.45) is -0.528. The van der Waals surface area contributed by atoms with Gasteiger partial charge in [-0.05, 0) is 85.8 Å². The second-order valence-electron chi connectivity index (χ2n) is 13.3. The second kappa shape index (κ2) is 12.1. The van der Waals surface area contributed by atoms with Crippen molar-refractivity contribution >= 4 is 49.3 Å². The molecule has 1 aliphatic rings. The molecule has 0 saturated carbocycles. The highest BCUT2D eigenvalue weighted by Gasteiger charge is 2.28. The number of nitrogens with one attached hydrogen (secondary N) is 2. The molecule has 2 unspecified atom stereocenters. The van der Waals surface area contributed by atoms with Crippen molar-refractivity contribution in [3.63, 3.8) is 0 Å². The van der Waals surface area contributed by atoms with Crippen molar-refractivity contribution in [1.29, 1.82) is 0 Å². The van der Waals surface area contributed by atoms with Gasteiger partial charge in [-0.3, -0.25) is 5.32 Å². The molecule has 4 heteroatoms. The van der Waals surface area contributed by atoms with Crippen LogP contribution < -0.4 is 10.6 Å². The Labute approximate surface area is 295 Å². The van der Waals surface area contributed by atoms with Crippen molar-refractivity contribution in [1.82, 2.24) is 10.6 Å². The Morgan fingerprint density at radius 3 is 1.90 bits per heavy atom. The first-order valence-corrected chi connectivity index (χ1v) is 17.4. The van der Waals surface area contributed by atoms with Gasteiger partial charge in [0, 0.05) is 21.9 Å². The second-order valence-corrected chi connectivity index (χ2v) is 13.3. The number of furan rings is 1. The lowest BCUT2D eigenvalue weighted by Crippen LogP contribution is -2.45. The molecule has 242 valence electrons. The minimum Gasteiger partial charge on any atom is -0.456 e. The average molecular weight is 656 g/mol. The zero-order chi connectivity index (χ0) is 33.7. The summed E-state index contributed by atoms with van der Waals surface area (Å²) in [5.74, 6) is 0.851. The van der Waals surface area contributed by atoms with Gasteiger partial charge in [0.1, 0.15) is 29.3 Å². The minimum atomic E-state index is -0.291. The topological polar surface area (TPSA) is 49.6 Å². The normalized spacial score (nSPS) is 16.0. The van der Waals surface area contributed by atoms with Crippen molar-refractivity contribution in [2.45, 2.75) is 12.3 Å². The van der Waals surface area contributed by atoms with Gasteiger partial charge in [-0.25, -0.2) is 4.99 Å². The summed E-state index contributed by atoms with van der Waals surface area (Å²) >= 11 is 0. The monoisotopic (exact) mass is 655 g/mol. The molecule has 0 amide bonds. The van der Waals surface area contributed by atoms with Gasteiger partial charge >= 0.3 is 0 Å². The Hall–Kier alpha value is -6.49. The first-order chi connectivity index (χ1) is 25.2. The predicted molar refractivity (Wildman–Crippen MR) is 211 cm³/mol. The quantitative estimate of drug-likeness (QED) is 0.194. The third-order valence-corrected chi connectivity index (χ3v) is 10.1. The molecule has 10 rings (SSSR count). The molecule has 9 aromatic rings. The van der Waals surface area contributed by atoms with E-state index in [1.54, 1.807) is 0 Å². The molecule has 0 spiro atoms. The maximum Gasteiger partial charge on any atom is 0.136 e. The van der Waals surface area contributed by atoms with Gasteiger partial charge in [0.15, 0.2) is 0 Å². The van der Waals surface area contributed by atoms with Crippen LogP contribution in [0.4, 0.5) is 0 Å². The molecule has 1 aromatic heterocycles. The van der Waals surface area contributed by atoms with E-state index in [4.69, 9.17) is 9.41 Å². The maximum atomic E-state index is 6.53. The number of aliphatic imine (C=N–C) groups is 1. The zero-order valence-electron chi connectivity index (χ0n) is 27.8. The van der Waals surface area contributed by atoms with E-state index in [1.807, 2.05) is 6.07 Å². The Bertz CT molecular complexity index is 2770. The van der Waals surface area contributed by atoms with Crippen LogP contribution in [0, 0.1) is 0 Å². The Morgan fingerprint density at radius 2 is 1.10 bits per heavy atom. The first kappa shape index (κ1) is 29.4. The molecule has 51 heavy (non-hydrogen) atoms. The maximum absolute atomic E-state index is 6.53. The number of fused-ring (bicyclic) bond motifs is 5. The molecule has 0 radical (unpaired) electrons. The molecule has 8 aromatic carbocycles.